The number of halogens is 2. The quantitative estimate of drug-likeness (QED) is 0.892. The number of rotatable bonds is 3. The van der Waals surface area contributed by atoms with Crippen molar-refractivity contribution < 1.29 is 9.21 Å². The van der Waals surface area contributed by atoms with E-state index in [1.54, 1.807) is 11.3 Å². The van der Waals surface area contributed by atoms with Crippen LogP contribution in [0.15, 0.2) is 21.2 Å². The number of nitrogens with zero attached hydrogens (tertiary/aromatic N) is 2. The molecule has 0 radical (unpaired) electrons. The zero-order chi connectivity index (χ0) is 14.8. The molecule has 1 aliphatic heterocycles. The van der Waals surface area contributed by atoms with Gasteiger partial charge in [0.05, 0.1) is 12.1 Å². The van der Waals surface area contributed by atoms with Crippen LogP contribution in [0.25, 0.3) is 11.5 Å². The predicted octanol–water partition coefficient (Wildman–Crippen LogP) is 2.92. The summed E-state index contributed by atoms with van der Waals surface area (Å²) in [5.41, 5.74) is 1.71. The van der Waals surface area contributed by atoms with Crippen LogP contribution in [0.3, 0.4) is 0 Å². The van der Waals surface area contributed by atoms with Gasteiger partial charge in [0.1, 0.15) is 5.76 Å². The van der Waals surface area contributed by atoms with E-state index >= 15 is 0 Å². The molecular weight excluding hydrogens is 357 g/mol. The monoisotopic (exact) mass is 377 g/mol. The fraction of sp³-hybridized carbons (Fsp3) is 0.467. The summed E-state index contributed by atoms with van der Waals surface area (Å²) in [4.78, 5) is 18.9. The number of carbonyl (C=O) groups is 1. The summed E-state index contributed by atoms with van der Waals surface area (Å²) in [5.74, 6) is 1.45. The van der Waals surface area contributed by atoms with E-state index in [1.807, 2.05) is 28.7 Å². The lowest BCUT2D eigenvalue weighted by molar-refractivity contribution is -0.133. The van der Waals surface area contributed by atoms with Crippen molar-refractivity contribution in [2.75, 3.05) is 19.6 Å². The molecule has 1 amide bonds. The number of amides is 1. The lowest BCUT2D eigenvalue weighted by Crippen LogP contribution is -2.52. The molecule has 1 N–H and O–H groups in total. The number of carbonyl (C=O) groups excluding carboxylic acids is 1. The minimum absolute atomic E-state index is 0. The van der Waals surface area contributed by atoms with E-state index in [4.69, 9.17) is 4.42 Å². The molecule has 128 valence electrons. The van der Waals surface area contributed by atoms with Crippen molar-refractivity contribution in [1.29, 1.82) is 0 Å². The molecule has 3 heterocycles. The van der Waals surface area contributed by atoms with Crippen molar-refractivity contribution in [1.82, 2.24) is 15.2 Å². The van der Waals surface area contributed by atoms with Gasteiger partial charge in [0, 0.05) is 36.6 Å². The van der Waals surface area contributed by atoms with Crippen molar-refractivity contribution in [3.63, 3.8) is 0 Å². The first kappa shape index (κ1) is 20.0. The maximum Gasteiger partial charge on any atom is 0.229 e. The molecule has 1 saturated heterocycles. The number of hydrogen-bond acceptors (Lipinski definition) is 5. The molecule has 2 aromatic heterocycles. The molecular formula is C15H21Cl2N3O2S. The van der Waals surface area contributed by atoms with E-state index in [1.165, 1.54) is 0 Å². The van der Waals surface area contributed by atoms with Crippen molar-refractivity contribution in [2.45, 2.75) is 26.3 Å². The largest absolute Gasteiger partial charge is 0.441 e. The molecule has 1 fully saturated rings. The standard InChI is InChI=1S/C15H19N3O2S.2ClH/c1-10-8-16-4-5-18(10)14(19)7-13-11(2)20-15(17-13)12-3-6-21-9-12;;/h3,6,9-10,16H,4-5,7-8H2,1-2H3;2*1H/t10-;;/m0../s1. The molecule has 0 saturated carbocycles. The van der Waals surface area contributed by atoms with E-state index in [-0.39, 0.29) is 36.8 Å². The fourth-order valence-corrected chi connectivity index (χ4v) is 3.19. The van der Waals surface area contributed by atoms with E-state index in [0.29, 0.717) is 12.3 Å². The second-order valence-corrected chi connectivity index (χ2v) is 6.13. The van der Waals surface area contributed by atoms with Crippen LogP contribution in [0.2, 0.25) is 0 Å². The summed E-state index contributed by atoms with van der Waals surface area (Å²) in [6, 6.07) is 2.20. The highest BCUT2D eigenvalue weighted by molar-refractivity contribution is 7.08. The lowest BCUT2D eigenvalue weighted by atomic mass is 10.1. The number of thiophene rings is 1. The molecule has 0 aromatic carbocycles. The molecule has 0 spiro atoms. The topological polar surface area (TPSA) is 58.4 Å². The Hall–Kier alpha value is -1.08. The summed E-state index contributed by atoms with van der Waals surface area (Å²) < 4.78 is 5.69. The maximum absolute atomic E-state index is 12.4. The Morgan fingerprint density at radius 2 is 2.30 bits per heavy atom. The third kappa shape index (κ3) is 4.47. The Morgan fingerprint density at radius 3 is 2.96 bits per heavy atom. The molecule has 8 heteroatoms. The minimum Gasteiger partial charge on any atom is -0.441 e. The van der Waals surface area contributed by atoms with Crippen molar-refractivity contribution in [3.05, 3.63) is 28.3 Å². The zero-order valence-corrected chi connectivity index (χ0v) is 15.5. The Morgan fingerprint density at radius 1 is 1.52 bits per heavy atom. The summed E-state index contributed by atoms with van der Waals surface area (Å²) in [6.45, 7) is 6.40. The Labute approximate surface area is 152 Å². The van der Waals surface area contributed by atoms with Crippen LogP contribution >= 0.6 is 36.2 Å². The Kier molecular flexibility index (Phi) is 7.54. The van der Waals surface area contributed by atoms with Gasteiger partial charge in [-0.05, 0) is 25.3 Å². The number of nitrogens with one attached hydrogen (secondary N) is 1. The highest BCUT2D eigenvalue weighted by Gasteiger charge is 2.24. The molecule has 0 unspecified atom stereocenters. The van der Waals surface area contributed by atoms with Gasteiger partial charge in [-0.15, -0.1) is 24.8 Å². The van der Waals surface area contributed by atoms with Crippen molar-refractivity contribution in [2.24, 2.45) is 0 Å². The van der Waals surface area contributed by atoms with Gasteiger partial charge in [0.25, 0.3) is 0 Å². The number of aromatic nitrogens is 1. The first-order valence-corrected chi connectivity index (χ1v) is 8.08. The molecule has 1 atom stereocenters. The lowest BCUT2D eigenvalue weighted by Gasteiger charge is -2.33. The van der Waals surface area contributed by atoms with Crippen LogP contribution < -0.4 is 5.32 Å². The van der Waals surface area contributed by atoms with Crippen LogP contribution in [0.1, 0.15) is 18.4 Å². The Bertz CT molecular complexity index is 631. The first-order chi connectivity index (χ1) is 10.1. The average molecular weight is 378 g/mol. The van der Waals surface area contributed by atoms with Crippen LogP contribution in [0.5, 0.6) is 0 Å². The molecule has 5 nitrogen and oxygen atoms in total. The van der Waals surface area contributed by atoms with Crippen LogP contribution in [0, 0.1) is 6.92 Å². The summed E-state index contributed by atoms with van der Waals surface area (Å²) >= 11 is 1.60. The zero-order valence-electron chi connectivity index (χ0n) is 13.1. The highest BCUT2D eigenvalue weighted by Crippen LogP contribution is 2.24. The van der Waals surface area contributed by atoms with Crippen molar-refractivity contribution >= 4 is 42.1 Å². The molecule has 0 aliphatic carbocycles. The highest BCUT2D eigenvalue weighted by atomic mass is 35.5. The second kappa shape index (κ2) is 8.68. The summed E-state index contributed by atoms with van der Waals surface area (Å²) in [6.07, 6.45) is 0.309. The summed E-state index contributed by atoms with van der Waals surface area (Å²) in [7, 11) is 0. The van der Waals surface area contributed by atoms with Gasteiger partial charge in [-0.2, -0.15) is 11.3 Å². The predicted molar refractivity (Wildman–Crippen MR) is 96.8 cm³/mol. The van der Waals surface area contributed by atoms with Crippen molar-refractivity contribution in [3.8, 4) is 11.5 Å². The van der Waals surface area contributed by atoms with Gasteiger partial charge in [-0.3, -0.25) is 4.79 Å². The number of aryl methyl sites for hydroxylation is 1. The molecule has 3 rings (SSSR count). The van der Waals surface area contributed by atoms with E-state index in [9.17, 15) is 4.79 Å². The summed E-state index contributed by atoms with van der Waals surface area (Å²) in [5, 5.41) is 7.27. The van der Waals surface area contributed by atoms with Gasteiger partial charge in [0.2, 0.25) is 11.8 Å². The molecule has 2 aromatic rings. The first-order valence-electron chi connectivity index (χ1n) is 7.14. The number of piperazine rings is 1. The third-order valence-corrected chi connectivity index (χ3v) is 4.48. The van der Waals surface area contributed by atoms with Crippen LogP contribution in [0.4, 0.5) is 0 Å². The van der Waals surface area contributed by atoms with E-state index in [0.717, 1.165) is 36.7 Å². The molecule has 1 aliphatic rings. The van der Waals surface area contributed by atoms with Crippen LogP contribution in [-0.2, 0) is 11.2 Å². The van der Waals surface area contributed by atoms with E-state index < -0.39 is 0 Å². The normalized spacial score (nSPS) is 17.3. The smallest absolute Gasteiger partial charge is 0.229 e. The Balaban J connectivity index is 0.00000132. The second-order valence-electron chi connectivity index (χ2n) is 5.35. The number of hydrogen-bond donors (Lipinski definition) is 1. The van der Waals surface area contributed by atoms with E-state index in [2.05, 4.69) is 17.2 Å². The number of oxazole rings is 1. The SMILES string of the molecule is Cc1oc(-c2ccsc2)nc1CC(=O)N1CCNC[C@@H]1C.Cl.Cl. The maximum atomic E-state index is 12.4. The average Bonchev–Trinajstić information content (AvgIpc) is 3.10. The van der Waals surface area contributed by atoms with Gasteiger partial charge in [-0.1, -0.05) is 0 Å². The van der Waals surface area contributed by atoms with Gasteiger partial charge >= 0.3 is 0 Å². The fourth-order valence-electron chi connectivity index (χ4n) is 2.56. The van der Waals surface area contributed by atoms with Gasteiger partial charge in [0.15, 0.2) is 0 Å². The third-order valence-electron chi connectivity index (χ3n) is 3.80. The minimum atomic E-state index is 0. The van der Waals surface area contributed by atoms with Crippen LogP contribution in [-0.4, -0.2) is 41.5 Å². The van der Waals surface area contributed by atoms with Gasteiger partial charge < -0.3 is 14.6 Å². The molecule has 23 heavy (non-hydrogen) atoms. The van der Waals surface area contributed by atoms with Gasteiger partial charge in [-0.25, -0.2) is 4.98 Å². The molecule has 0 bridgehead atoms.